The first kappa shape index (κ1) is 19.6. The van der Waals surface area contributed by atoms with Crippen LogP contribution in [0.2, 0.25) is 0 Å². The van der Waals surface area contributed by atoms with Crippen molar-refractivity contribution in [2.45, 2.75) is 38.1 Å². The first-order valence-corrected chi connectivity index (χ1v) is 10.2. The molecule has 2 rings (SSSR count). The lowest BCUT2D eigenvalue weighted by Crippen LogP contribution is -2.32. The molecule has 134 valence electrons. The van der Waals surface area contributed by atoms with Crippen molar-refractivity contribution in [3.8, 4) is 0 Å². The molecule has 7 heteroatoms. The first-order valence-electron chi connectivity index (χ1n) is 7.93. The summed E-state index contributed by atoms with van der Waals surface area (Å²) in [5, 5.41) is 2.80. The predicted molar refractivity (Wildman–Crippen MR) is 103 cm³/mol. The number of nitrogens with one attached hydrogen (secondary N) is 2. The molecule has 0 bridgehead atoms. The summed E-state index contributed by atoms with van der Waals surface area (Å²) in [4.78, 5) is 12.5. The summed E-state index contributed by atoms with van der Waals surface area (Å²) in [6, 6.07) is 11.3. The second-order valence-electron chi connectivity index (χ2n) is 5.89. The van der Waals surface area contributed by atoms with Crippen LogP contribution in [0.3, 0.4) is 0 Å². The van der Waals surface area contributed by atoms with Gasteiger partial charge in [-0.25, -0.2) is 13.1 Å². The SMILES string of the molecule is CCC(C)NS(=O)(=O)c1ccc(C(=O)Nc2ccc(C)cc2Br)cc1. The molecule has 2 N–H and O–H groups in total. The fourth-order valence-corrected chi connectivity index (χ4v) is 4.04. The molecule has 0 radical (unpaired) electrons. The average molecular weight is 425 g/mol. The smallest absolute Gasteiger partial charge is 0.255 e. The zero-order valence-corrected chi connectivity index (χ0v) is 16.7. The van der Waals surface area contributed by atoms with Gasteiger partial charge >= 0.3 is 0 Å². The maximum Gasteiger partial charge on any atom is 0.255 e. The highest BCUT2D eigenvalue weighted by Gasteiger charge is 2.17. The predicted octanol–water partition coefficient (Wildman–Crippen LogP) is 4.09. The van der Waals surface area contributed by atoms with Crippen LogP contribution in [-0.2, 0) is 10.0 Å². The maximum atomic E-state index is 12.3. The normalized spacial score (nSPS) is 12.6. The molecule has 0 aliphatic rings. The minimum Gasteiger partial charge on any atom is -0.321 e. The van der Waals surface area contributed by atoms with E-state index in [0.29, 0.717) is 17.7 Å². The molecule has 0 saturated carbocycles. The van der Waals surface area contributed by atoms with Gasteiger partial charge in [0.25, 0.3) is 5.91 Å². The number of benzene rings is 2. The average Bonchev–Trinajstić information content (AvgIpc) is 2.57. The summed E-state index contributed by atoms with van der Waals surface area (Å²) < 4.78 is 27.8. The quantitative estimate of drug-likeness (QED) is 0.732. The van der Waals surface area contributed by atoms with Crippen LogP contribution in [-0.4, -0.2) is 20.4 Å². The van der Waals surface area contributed by atoms with Crippen molar-refractivity contribution in [3.05, 3.63) is 58.1 Å². The highest BCUT2D eigenvalue weighted by Crippen LogP contribution is 2.24. The Bertz CT molecular complexity index is 864. The molecule has 0 saturated heterocycles. The number of rotatable bonds is 6. The van der Waals surface area contributed by atoms with Crippen LogP contribution in [0.25, 0.3) is 0 Å². The van der Waals surface area contributed by atoms with Crippen LogP contribution >= 0.6 is 15.9 Å². The molecule has 1 unspecified atom stereocenters. The number of hydrogen-bond donors (Lipinski definition) is 2. The summed E-state index contributed by atoms with van der Waals surface area (Å²) in [6.07, 6.45) is 0.700. The molecular weight excluding hydrogens is 404 g/mol. The van der Waals surface area contributed by atoms with Crippen molar-refractivity contribution in [3.63, 3.8) is 0 Å². The van der Waals surface area contributed by atoms with E-state index in [1.807, 2.05) is 32.0 Å². The number of halogens is 1. The molecule has 25 heavy (non-hydrogen) atoms. The molecule has 1 atom stereocenters. The number of carbonyl (C=O) groups excluding carboxylic acids is 1. The lowest BCUT2D eigenvalue weighted by Gasteiger charge is -2.12. The van der Waals surface area contributed by atoms with Gasteiger partial charge in [-0.1, -0.05) is 13.0 Å². The minimum absolute atomic E-state index is 0.140. The van der Waals surface area contributed by atoms with Gasteiger partial charge in [0.1, 0.15) is 0 Å². The monoisotopic (exact) mass is 424 g/mol. The number of amides is 1. The molecule has 0 aliphatic carbocycles. The Hall–Kier alpha value is -1.70. The van der Waals surface area contributed by atoms with Gasteiger partial charge in [-0.05, 0) is 78.2 Å². The van der Waals surface area contributed by atoms with Gasteiger partial charge in [-0.2, -0.15) is 0 Å². The minimum atomic E-state index is -3.57. The molecule has 2 aromatic rings. The van der Waals surface area contributed by atoms with Crippen LogP contribution in [0.1, 0.15) is 36.2 Å². The summed E-state index contributed by atoms with van der Waals surface area (Å²) in [5.41, 5.74) is 2.12. The highest BCUT2D eigenvalue weighted by molar-refractivity contribution is 9.10. The zero-order chi connectivity index (χ0) is 18.6. The lowest BCUT2D eigenvalue weighted by molar-refractivity contribution is 0.102. The molecule has 1 amide bonds. The van der Waals surface area contributed by atoms with Crippen molar-refractivity contribution < 1.29 is 13.2 Å². The Morgan fingerprint density at radius 1 is 1.16 bits per heavy atom. The second-order valence-corrected chi connectivity index (χ2v) is 8.46. The van der Waals surface area contributed by atoms with E-state index in [1.54, 1.807) is 6.92 Å². The van der Waals surface area contributed by atoms with Crippen LogP contribution < -0.4 is 10.0 Å². The third-order valence-corrected chi connectivity index (χ3v) is 6.03. The number of carbonyl (C=O) groups is 1. The summed E-state index contributed by atoms with van der Waals surface area (Å²) in [7, 11) is -3.57. The molecule has 0 aliphatic heterocycles. The van der Waals surface area contributed by atoms with Gasteiger partial charge < -0.3 is 5.32 Å². The Morgan fingerprint density at radius 2 is 1.80 bits per heavy atom. The summed E-state index contributed by atoms with van der Waals surface area (Å²) in [5.74, 6) is -0.302. The van der Waals surface area contributed by atoms with Crippen molar-refractivity contribution >= 4 is 37.5 Å². The van der Waals surface area contributed by atoms with Crippen LogP contribution in [0.15, 0.2) is 51.8 Å². The number of sulfonamides is 1. The van der Waals surface area contributed by atoms with Gasteiger partial charge in [0.15, 0.2) is 0 Å². The highest BCUT2D eigenvalue weighted by atomic mass is 79.9. The van der Waals surface area contributed by atoms with Crippen molar-refractivity contribution in [1.29, 1.82) is 0 Å². The third-order valence-electron chi connectivity index (χ3n) is 3.77. The Balaban J connectivity index is 2.15. The van der Waals surface area contributed by atoms with Crippen LogP contribution in [0, 0.1) is 6.92 Å². The molecule has 2 aromatic carbocycles. The zero-order valence-electron chi connectivity index (χ0n) is 14.3. The number of anilines is 1. The Labute approximate surface area is 157 Å². The Morgan fingerprint density at radius 3 is 2.36 bits per heavy atom. The van der Waals surface area contributed by atoms with Gasteiger partial charge in [-0.15, -0.1) is 0 Å². The van der Waals surface area contributed by atoms with E-state index in [1.165, 1.54) is 24.3 Å². The number of aryl methyl sites for hydroxylation is 1. The molecule has 0 fully saturated rings. The topological polar surface area (TPSA) is 75.3 Å². The fourth-order valence-electron chi connectivity index (χ4n) is 2.12. The lowest BCUT2D eigenvalue weighted by atomic mass is 10.2. The fraction of sp³-hybridized carbons (Fsp3) is 0.278. The second kappa shape index (κ2) is 8.12. The van der Waals surface area contributed by atoms with Crippen LogP contribution in [0.4, 0.5) is 5.69 Å². The third kappa shape index (κ3) is 5.14. The van der Waals surface area contributed by atoms with Gasteiger partial charge in [0.2, 0.25) is 10.0 Å². The van der Waals surface area contributed by atoms with E-state index in [-0.39, 0.29) is 16.8 Å². The molecule has 0 heterocycles. The summed E-state index contributed by atoms with van der Waals surface area (Å²) >= 11 is 3.41. The summed E-state index contributed by atoms with van der Waals surface area (Å²) in [6.45, 7) is 5.67. The first-order chi connectivity index (χ1) is 11.7. The number of hydrogen-bond acceptors (Lipinski definition) is 3. The van der Waals surface area contributed by atoms with E-state index in [9.17, 15) is 13.2 Å². The van der Waals surface area contributed by atoms with E-state index in [2.05, 4.69) is 26.0 Å². The van der Waals surface area contributed by atoms with Crippen molar-refractivity contribution in [2.75, 3.05) is 5.32 Å². The van der Waals surface area contributed by atoms with Crippen LogP contribution in [0.5, 0.6) is 0 Å². The molecule has 5 nitrogen and oxygen atoms in total. The van der Waals surface area contributed by atoms with Gasteiger partial charge in [-0.3, -0.25) is 4.79 Å². The van der Waals surface area contributed by atoms with E-state index < -0.39 is 10.0 Å². The Kier molecular flexibility index (Phi) is 6.37. The van der Waals surface area contributed by atoms with Crippen molar-refractivity contribution in [1.82, 2.24) is 4.72 Å². The maximum absolute atomic E-state index is 12.3. The van der Waals surface area contributed by atoms with E-state index in [4.69, 9.17) is 0 Å². The van der Waals surface area contributed by atoms with Gasteiger partial charge in [0.05, 0.1) is 10.6 Å². The molecular formula is C18H21BrN2O3S. The largest absolute Gasteiger partial charge is 0.321 e. The standard InChI is InChI=1S/C18H21BrN2O3S/c1-4-13(3)21-25(23,24)15-8-6-14(7-9-15)18(22)20-17-10-5-12(2)11-16(17)19/h5-11,13,21H,4H2,1-3H3,(H,20,22). The van der Waals surface area contributed by atoms with E-state index in [0.717, 1.165) is 10.0 Å². The molecule has 0 aromatic heterocycles. The van der Waals surface area contributed by atoms with Crippen molar-refractivity contribution in [2.24, 2.45) is 0 Å². The molecule has 0 spiro atoms. The van der Waals surface area contributed by atoms with E-state index >= 15 is 0 Å². The van der Waals surface area contributed by atoms with Gasteiger partial charge in [0, 0.05) is 16.1 Å².